The molecule has 84 valence electrons. The highest BCUT2D eigenvalue weighted by Gasteiger charge is 2.13. The molecular weight excluding hydrogens is 198 g/mol. The summed E-state index contributed by atoms with van der Waals surface area (Å²) in [5.74, 6) is -1.28. The number of nitrogen functional groups attached to an aromatic ring is 1. The van der Waals surface area contributed by atoms with Gasteiger partial charge in [-0.3, -0.25) is 0 Å². The molecule has 0 spiro atoms. The van der Waals surface area contributed by atoms with Gasteiger partial charge in [0.15, 0.2) is 11.6 Å². The Kier molecular flexibility index (Phi) is 3.88. The molecule has 0 fully saturated rings. The molecular formula is C11H16F2N2. The number of benzene rings is 1. The lowest BCUT2D eigenvalue weighted by Crippen LogP contribution is -2.19. The van der Waals surface area contributed by atoms with Gasteiger partial charge in [0.25, 0.3) is 0 Å². The second-order valence-electron chi connectivity index (χ2n) is 3.52. The lowest BCUT2D eigenvalue weighted by Gasteiger charge is -2.17. The number of nitrogens with two attached hydrogens (primary N) is 1. The Morgan fingerprint density at radius 2 is 1.67 bits per heavy atom. The molecule has 1 rings (SSSR count). The number of hydrogen-bond donors (Lipinski definition) is 2. The van der Waals surface area contributed by atoms with E-state index in [1.165, 1.54) is 0 Å². The minimum absolute atomic E-state index is 0.0811. The van der Waals surface area contributed by atoms with Gasteiger partial charge < -0.3 is 11.1 Å². The predicted octanol–water partition coefficient (Wildman–Crippen LogP) is 3.15. The Balaban J connectivity index is 2.94. The van der Waals surface area contributed by atoms with E-state index in [1.807, 2.05) is 13.8 Å². The Labute approximate surface area is 88.5 Å². The summed E-state index contributed by atoms with van der Waals surface area (Å²) in [4.78, 5) is 0. The van der Waals surface area contributed by atoms with Crippen LogP contribution < -0.4 is 11.1 Å². The summed E-state index contributed by atoms with van der Waals surface area (Å²) in [7, 11) is 0. The molecule has 1 aromatic rings. The van der Waals surface area contributed by atoms with Gasteiger partial charge in [0.05, 0.1) is 0 Å². The summed E-state index contributed by atoms with van der Waals surface area (Å²) in [6.45, 7) is 3.93. The maximum Gasteiger partial charge on any atom is 0.151 e. The fraction of sp³-hybridized carbons (Fsp3) is 0.455. The third-order valence-corrected chi connectivity index (χ3v) is 2.40. The number of anilines is 2. The minimum Gasteiger partial charge on any atom is -0.399 e. The molecule has 0 heterocycles. The molecule has 4 heteroatoms. The molecule has 2 nitrogen and oxygen atoms in total. The van der Waals surface area contributed by atoms with Crippen molar-refractivity contribution < 1.29 is 8.78 Å². The van der Waals surface area contributed by atoms with E-state index in [4.69, 9.17) is 5.73 Å². The van der Waals surface area contributed by atoms with Crippen LogP contribution in [0.2, 0.25) is 0 Å². The van der Waals surface area contributed by atoms with Crippen molar-refractivity contribution in [2.45, 2.75) is 32.7 Å². The molecule has 0 aliphatic heterocycles. The summed E-state index contributed by atoms with van der Waals surface area (Å²) in [5, 5.41) is 2.84. The van der Waals surface area contributed by atoms with Crippen molar-refractivity contribution in [3.05, 3.63) is 23.8 Å². The summed E-state index contributed by atoms with van der Waals surface area (Å²) in [5.41, 5.74) is 5.33. The van der Waals surface area contributed by atoms with Crippen molar-refractivity contribution >= 4 is 11.4 Å². The molecule has 0 radical (unpaired) electrons. The molecule has 0 unspecified atom stereocenters. The van der Waals surface area contributed by atoms with Gasteiger partial charge in [-0.2, -0.15) is 0 Å². The second kappa shape index (κ2) is 4.96. The van der Waals surface area contributed by atoms with Crippen LogP contribution in [0, 0.1) is 11.6 Å². The van der Waals surface area contributed by atoms with E-state index in [0.29, 0.717) is 0 Å². The van der Waals surface area contributed by atoms with Crippen LogP contribution in [0.15, 0.2) is 12.1 Å². The van der Waals surface area contributed by atoms with E-state index >= 15 is 0 Å². The molecule has 0 bridgehead atoms. The number of rotatable bonds is 4. The lowest BCUT2D eigenvalue weighted by atomic mass is 10.1. The van der Waals surface area contributed by atoms with Gasteiger partial charge in [-0.05, 0) is 25.0 Å². The average molecular weight is 214 g/mol. The minimum atomic E-state index is -0.639. The Morgan fingerprint density at radius 3 is 2.07 bits per heavy atom. The van der Waals surface area contributed by atoms with Crippen molar-refractivity contribution in [3.63, 3.8) is 0 Å². The zero-order valence-electron chi connectivity index (χ0n) is 8.98. The standard InChI is InChI=1S/C11H16F2N2/c1-3-8(4-2)15-11-9(12)5-7(14)6-10(11)13/h5-6,8,15H,3-4,14H2,1-2H3. The number of halogens is 2. The molecule has 0 saturated heterocycles. The molecule has 0 amide bonds. The quantitative estimate of drug-likeness (QED) is 0.755. The van der Waals surface area contributed by atoms with Gasteiger partial charge >= 0.3 is 0 Å². The van der Waals surface area contributed by atoms with Crippen molar-refractivity contribution in [1.82, 2.24) is 0 Å². The van der Waals surface area contributed by atoms with Gasteiger partial charge in [0, 0.05) is 11.7 Å². The van der Waals surface area contributed by atoms with Crippen LogP contribution in [0.4, 0.5) is 20.2 Å². The molecule has 0 aliphatic carbocycles. The largest absolute Gasteiger partial charge is 0.399 e. The first kappa shape index (κ1) is 11.8. The maximum atomic E-state index is 13.4. The number of nitrogens with one attached hydrogen (secondary N) is 1. The van der Waals surface area contributed by atoms with Crippen LogP contribution in [0.5, 0.6) is 0 Å². The summed E-state index contributed by atoms with van der Waals surface area (Å²) < 4.78 is 26.7. The van der Waals surface area contributed by atoms with Crippen molar-refractivity contribution in [2.24, 2.45) is 0 Å². The fourth-order valence-electron chi connectivity index (χ4n) is 1.43. The van der Waals surface area contributed by atoms with E-state index in [9.17, 15) is 8.78 Å². The maximum absolute atomic E-state index is 13.4. The molecule has 3 N–H and O–H groups in total. The van der Waals surface area contributed by atoms with Crippen LogP contribution in [0.25, 0.3) is 0 Å². The summed E-state index contributed by atoms with van der Waals surface area (Å²) >= 11 is 0. The zero-order chi connectivity index (χ0) is 11.4. The average Bonchev–Trinajstić information content (AvgIpc) is 2.17. The molecule has 1 aromatic carbocycles. The van der Waals surface area contributed by atoms with E-state index in [-0.39, 0.29) is 17.4 Å². The molecule has 0 aliphatic rings. The third-order valence-electron chi connectivity index (χ3n) is 2.40. The highest BCUT2D eigenvalue weighted by Crippen LogP contribution is 2.23. The zero-order valence-corrected chi connectivity index (χ0v) is 8.98. The van der Waals surface area contributed by atoms with Gasteiger partial charge in [-0.15, -0.1) is 0 Å². The van der Waals surface area contributed by atoms with Crippen molar-refractivity contribution in [3.8, 4) is 0 Å². The molecule has 0 saturated carbocycles. The highest BCUT2D eigenvalue weighted by molar-refractivity contribution is 5.54. The van der Waals surface area contributed by atoms with Crippen LogP contribution in [-0.4, -0.2) is 6.04 Å². The SMILES string of the molecule is CCC(CC)Nc1c(F)cc(N)cc1F. The lowest BCUT2D eigenvalue weighted by molar-refractivity contribution is 0.576. The van der Waals surface area contributed by atoms with E-state index < -0.39 is 11.6 Å². The van der Waals surface area contributed by atoms with E-state index in [2.05, 4.69) is 5.32 Å². The molecule has 0 atom stereocenters. The van der Waals surface area contributed by atoms with Gasteiger partial charge in [-0.25, -0.2) is 8.78 Å². The Hall–Kier alpha value is -1.32. The van der Waals surface area contributed by atoms with Crippen LogP contribution in [0.3, 0.4) is 0 Å². The first-order chi connectivity index (χ1) is 7.08. The van der Waals surface area contributed by atoms with Gasteiger partial charge in [0.1, 0.15) is 5.69 Å². The second-order valence-corrected chi connectivity index (χ2v) is 3.52. The smallest absolute Gasteiger partial charge is 0.151 e. The van der Waals surface area contributed by atoms with Crippen molar-refractivity contribution in [2.75, 3.05) is 11.1 Å². The predicted molar refractivity (Wildman–Crippen MR) is 58.8 cm³/mol. The topological polar surface area (TPSA) is 38.0 Å². The summed E-state index contributed by atoms with van der Waals surface area (Å²) in [6, 6.07) is 2.32. The Bertz CT molecular complexity index is 312. The molecule has 15 heavy (non-hydrogen) atoms. The molecule has 0 aromatic heterocycles. The number of hydrogen-bond acceptors (Lipinski definition) is 2. The van der Waals surface area contributed by atoms with Crippen LogP contribution in [-0.2, 0) is 0 Å². The van der Waals surface area contributed by atoms with Crippen LogP contribution in [0.1, 0.15) is 26.7 Å². The normalized spacial score (nSPS) is 10.7. The fourth-order valence-corrected chi connectivity index (χ4v) is 1.43. The van der Waals surface area contributed by atoms with Crippen molar-refractivity contribution in [1.29, 1.82) is 0 Å². The third kappa shape index (κ3) is 2.81. The Morgan fingerprint density at radius 1 is 1.20 bits per heavy atom. The highest BCUT2D eigenvalue weighted by atomic mass is 19.1. The van der Waals surface area contributed by atoms with Gasteiger partial charge in [-0.1, -0.05) is 13.8 Å². The van der Waals surface area contributed by atoms with Crippen LogP contribution >= 0.6 is 0 Å². The van der Waals surface area contributed by atoms with Gasteiger partial charge in [0.2, 0.25) is 0 Å². The first-order valence-electron chi connectivity index (χ1n) is 5.09. The summed E-state index contributed by atoms with van der Waals surface area (Å²) in [6.07, 6.45) is 1.64. The van der Waals surface area contributed by atoms with E-state index in [1.54, 1.807) is 0 Å². The monoisotopic (exact) mass is 214 g/mol. The van der Waals surface area contributed by atoms with E-state index in [0.717, 1.165) is 25.0 Å². The first-order valence-corrected chi connectivity index (χ1v) is 5.09.